The quantitative estimate of drug-likeness (QED) is 0.873. The molecule has 2 aromatic rings. The first kappa shape index (κ1) is 18.1. The average Bonchev–Trinajstić information content (AvgIpc) is 2.61. The van der Waals surface area contributed by atoms with Crippen molar-refractivity contribution in [2.45, 2.75) is 32.5 Å². The first-order valence-corrected chi connectivity index (χ1v) is 9.01. The molecule has 0 bridgehead atoms. The summed E-state index contributed by atoms with van der Waals surface area (Å²) in [6.07, 6.45) is 0.784. The number of aliphatic hydroxyl groups is 1. The predicted molar refractivity (Wildman–Crippen MR) is 98.8 cm³/mol. The maximum Gasteiger partial charge on any atom is 0.123 e. The van der Waals surface area contributed by atoms with Crippen LogP contribution in [0.5, 0.6) is 0 Å². The van der Waals surface area contributed by atoms with Gasteiger partial charge >= 0.3 is 0 Å². The Morgan fingerprint density at radius 2 is 1.60 bits per heavy atom. The molecule has 1 atom stereocenters. The second-order valence-corrected chi connectivity index (χ2v) is 6.98. The summed E-state index contributed by atoms with van der Waals surface area (Å²) < 4.78 is 13.1. The minimum Gasteiger partial charge on any atom is -0.396 e. The van der Waals surface area contributed by atoms with Gasteiger partial charge in [0.25, 0.3) is 0 Å². The van der Waals surface area contributed by atoms with Gasteiger partial charge in [-0.25, -0.2) is 4.39 Å². The van der Waals surface area contributed by atoms with Gasteiger partial charge in [0.1, 0.15) is 5.82 Å². The molecule has 1 N–H and O–H groups in total. The third kappa shape index (κ3) is 5.11. The summed E-state index contributed by atoms with van der Waals surface area (Å²) in [5.41, 5.74) is 3.73. The Hall–Kier alpha value is -1.75. The van der Waals surface area contributed by atoms with E-state index in [2.05, 4.69) is 41.0 Å². The summed E-state index contributed by atoms with van der Waals surface area (Å²) in [5.74, 6) is -0.190. The van der Waals surface area contributed by atoms with Crippen LogP contribution in [0.4, 0.5) is 4.39 Å². The lowest BCUT2D eigenvalue weighted by Gasteiger charge is -2.41. The van der Waals surface area contributed by atoms with Crippen LogP contribution in [0.15, 0.2) is 48.5 Å². The molecule has 134 valence electrons. The Labute approximate surface area is 149 Å². The largest absolute Gasteiger partial charge is 0.396 e. The lowest BCUT2D eigenvalue weighted by atomic mass is 10.1. The summed E-state index contributed by atoms with van der Waals surface area (Å²) in [6.45, 7) is 6.98. The summed E-state index contributed by atoms with van der Waals surface area (Å²) in [5, 5.41) is 9.46. The van der Waals surface area contributed by atoms with E-state index in [1.807, 2.05) is 12.1 Å². The topological polar surface area (TPSA) is 26.7 Å². The van der Waals surface area contributed by atoms with Crippen LogP contribution < -0.4 is 0 Å². The molecule has 0 unspecified atom stereocenters. The molecule has 2 aromatic carbocycles. The van der Waals surface area contributed by atoms with Crippen molar-refractivity contribution < 1.29 is 9.50 Å². The Morgan fingerprint density at radius 3 is 2.28 bits per heavy atom. The highest BCUT2D eigenvalue weighted by Gasteiger charge is 2.26. The average molecular weight is 342 g/mol. The first-order chi connectivity index (χ1) is 12.1. The van der Waals surface area contributed by atoms with Gasteiger partial charge in [-0.2, -0.15) is 0 Å². The number of rotatable bonds is 6. The zero-order chi connectivity index (χ0) is 17.6. The van der Waals surface area contributed by atoms with Crippen molar-refractivity contribution in [2.75, 3.05) is 26.2 Å². The molecule has 1 aliphatic heterocycles. The van der Waals surface area contributed by atoms with Gasteiger partial charge in [-0.1, -0.05) is 42.0 Å². The number of aryl methyl sites for hydroxylation is 1. The van der Waals surface area contributed by atoms with Gasteiger partial charge in [0.15, 0.2) is 0 Å². The lowest BCUT2D eigenvalue weighted by molar-refractivity contribution is 0.0500. The van der Waals surface area contributed by atoms with Crippen LogP contribution in [0.3, 0.4) is 0 Å². The number of halogens is 1. The fraction of sp³-hybridized carbons (Fsp3) is 0.429. The van der Waals surface area contributed by atoms with Gasteiger partial charge in [0, 0.05) is 45.4 Å². The Morgan fingerprint density at radius 1 is 0.960 bits per heavy atom. The second-order valence-electron chi connectivity index (χ2n) is 6.98. The number of hydrogen-bond donors (Lipinski definition) is 1. The molecular weight excluding hydrogens is 315 g/mol. The van der Waals surface area contributed by atoms with E-state index in [9.17, 15) is 9.50 Å². The van der Waals surface area contributed by atoms with Crippen LogP contribution in [0, 0.1) is 12.7 Å². The van der Waals surface area contributed by atoms with E-state index in [4.69, 9.17) is 0 Å². The molecule has 25 heavy (non-hydrogen) atoms. The molecular formula is C21H27FN2O. The highest BCUT2D eigenvalue weighted by atomic mass is 19.1. The minimum atomic E-state index is -0.190. The molecule has 1 heterocycles. The molecule has 0 spiro atoms. The smallest absolute Gasteiger partial charge is 0.123 e. The van der Waals surface area contributed by atoms with Gasteiger partial charge in [0.05, 0.1) is 0 Å². The zero-order valence-corrected chi connectivity index (χ0v) is 14.9. The Bertz CT molecular complexity index is 657. The van der Waals surface area contributed by atoms with E-state index in [0.29, 0.717) is 6.04 Å². The van der Waals surface area contributed by atoms with E-state index < -0.39 is 0 Å². The van der Waals surface area contributed by atoms with Crippen LogP contribution in [-0.4, -0.2) is 47.2 Å². The van der Waals surface area contributed by atoms with Crippen molar-refractivity contribution in [3.63, 3.8) is 0 Å². The Kier molecular flexibility index (Phi) is 6.19. The van der Waals surface area contributed by atoms with E-state index in [0.717, 1.165) is 44.7 Å². The number of hydrogen-bond acceptors (Lipinski definition) is 3. The molecule has 0 aliphatic carbocycles. The maximum atomic E-state index is 13.1. The predicted octanol–water partition coefficient (Wildman–Crippen LogP) is 3.20. The lowest BCUT2D eigenvalue weighted by Crippen LogP contribution is -2.52. The molecule has 1 fully saturated rings. The molecule has 3 rings (SSSR count). The van der Waals surface area contributed by atoms with Crippen LogP contribution in [0.25, 0.3) is 0 Å². The van der Waals surface area contributed by atoms with E-state index in [1.165, 1.54) is 23.3 Å². The number of benzene rings is 2. The molecule has 0 amide bonds. The molecule has 1 aliphatic rings. The van der Waals surface area contributed by atoms with Gasteiger partial charge in [-0.15, -0.1) is 0 Å². The monoisotopic (exact) mass is 342 g/mol. The van der Waals surface area contributed by atoms with E-state index in [-0.39, 0.29) is 12.4 Å². The van der Waals surface area contributed by atoms with Gasteiger partial charge in [-0.3, -0.25) is 9.80 Å². The van der Waals surface area contributed by atoms with Crippen molar-refractivity contribution in [1.29, 1.82) is 0 Å². The first-order valence-electron chi connectivity index (χ1n) is 9.01. The van der Waals surface area contributed by atoms with Crippen molar-refractivity contribution >= 4 is 0 Å². The summed E-state index contributed by atoms with van der Waals surface area (Å²) in [7, 11) is 0. The van der Waals surface area contributed by atoms with Crippen LogP contribution in [0.2, 0.25) is 0 Å². The molecule has 3 nitrogen and oxygen atoms in total. The summed E-state index contributed by atoms with van der Waals surface area (Å²) >= 11 is 0. The third-order valence-electron chi connectivity index (χ3n) is 4.98. The molecule has 0 radical (unpaired) electrons. The van der Waals surface area contributed by atoms with Gasteiger partial charge in [-0.05, 0) is 36.6 Å². The van der Waals surface area contributed by atoms with Crippen LogP contribution in [-0.2, 0) is 13.1 Å². The molecule has 1 saturated heterocycles. The van der Waals surface area contributed by atoms with E-state index in [1.54, 1.807) is 0 Å². The van der Waals surface area contributed by atoms with Crippen molar-refractivity contribution in [2.24, 2.45) is 0 Å². The van der Waals surface area contributed by atoms with Crippen LogP contribution in [0.1, 0.15) is 23.1 Å². The van der Waals surface area contributed by atoms with Crippen LogP contribution >= 0.6 is 0 Å². The minimum absolute atomic E-state index is 0.190. The molecule has 4 heteroatoms. The molecule has 0 aromatic heterocycles. The van der Waals surface area contributed by atoms with Gasteiger partial charge in [0.2, 0.25) is 0 Å². The van der Waals surface area contributed by atoms with Crippen molar-refractivity contribution in [1.82, 2.24) is 9.80 Å². The highest BCUT2D eigenvalue weighted by Crippen LogP contribution is 2.19. The summed E-state index contributed by atoms with van der Waals surface area (Å²) in [4.78, 5) is 4.88. The highest BCUT2D eigenvalue weighted by molar-refractivity contribution is 5.21. The zero-order valence-electron chi connectivity index (χ0n) is 14.9. The number of nitrogens with zero attached hydrogens (tertiary/aromatic N) is 2. The standard InChI is InChI=1S/C21H27FN2O/c1-17-2-4-19(5-3-17)15-24-12-11-23(16-21(24)10-13-25)14-18-6-8-20(22)9-7-18/h2-9,21,25H,10-16H2,1H3/t21-/m1/s1. The van der Waals surface area contributed by atoms with Crippen molar-refractivity contribution in [3.05, 3.63) is 71.0 Å². The summed E-state index contributed by atoms with van der Waals surface area (Å²) in [6, 6.07) is 15.8. The van der Waals surface area contributed by atoms with E-state index >= 15 is 0 Å². The maximum absolute atomic E-state index is 13.1. The van der Waals surface area contributed by atoms with Gasteiger partial charge < -0.3 is 5.11 Å². The number of piperazine rings is 1. The van der Waals surface area contributed by atoms with Crippen molar-refractivity contribution in [3.8, 4) is 0 Å². The fourth-order valence-corrected chi connectivity index (χ4v) is 3.51. The number of aliphatic hydroxyl groups excluding tert-OH is 1. The SMILES string of the molecule is Cc1ccc(CN2CCN(Cc3ccc(F)cc3)C[C@H]2CCO)cc1. The fourth-order valence-electron chi connectivity index (χ4n) is 3.51. The molecule has 0 saturated carbocycles. The Balaban J connectivity index is 1.61. The third-order valence-corrected chi connectivity index (χ3v) is 4.98. The second kappa shape index (κ2) is 8.56. The normalized spacial score (nSPS) is 19.2.